The van der Waals surface area contributed by atoms with Crippen molar-refractivity contribution in [1.29, 1.82) is 5.26 Å². The molecule has 0 aliphatic carbocycles. The number of rotatable bonds is 2. The van der Waals surface area contributed by atoms with E-state index in [2.05, 4.69) is 9.97 Å². The van der Waals surface area contributed by atoms with E-state index in [1.807, 2.05) is 6.07 Å². The molecular formula is C8H7N3O2. The summed E-state index contributed by atoms with van der Waals surface area (Å²) in [5, 5.41) is 8.66. The Labute approximate surface area is 74.9 Å². The summed E-state index contributed by atoms with van der Waals surface area (Å²) in [5.74, 6) is 0.290. The summed E-state index contributed by atoms with van der Waals surface area (Å²) in [7, 11) is 0. The Kier molecular flexibility index (Phi) is 2.06. The zero-order chi connectivity index (χ0) is 9.10. The molecule has 2 rings (SSSR count). The predicted octanol–water partition coefficient (Wildman–Crippen LogP) is 0.126. The van der Waals surface area contributed by atoms with Gasteiger partial charge in [-0.05, 0) is 0 Å². The number of aromatic nitrogens is 2. The summed E-state index contributed by atoms with van der Waals surface area (Å²) in [6, 6.07) is 1.91. The van der Waals surface area contributed by atoms with Gasteiger partial charge in [-0.25, -0.2) is 9.97 Å². The molecule has 0 bridgehead atoms. The van der Waals surface area contributed by atoms with Crippen LogP contribution >= 0.6 is 0 Å². The van der Waals surface area contributed by atoms with E-state index < -0.39 is 0 Å². The standard InChI is InChI=1S/C8H7N3O2/c9-3-7-8(11-2-1-10-7)13-6-4-12-5-6/h1-2,6H,4-5H2. The van der Waals surface area contributed by atoms with Gasteiger partial charge in [0.05, 0.1) is 13.2 Å². The average Bonchev–Trinajstić information content (AvgIpc) is 2.12. The zero-order valence-corrected chi connectivity index (χ0v) is 6.80. The van der Waals surface area contributed by atoms with E-state index >= 15 is 0 Å². The maximum Gasteiger partial charge on any atom is 0.251 e. The fourth-order valence-corrected chi connectivity index (χ4v) is 0.928. The molecule has 1 aromatic heterocycles. The molecule has 0 N–H and O–H groups in total. The van der Waals surface area contributed by atoms with E-state index in [0.29, 0.717) is 19.1 Å². The molecule has 0 aromatic carbocycles. The fraction of sp³-hybridized carbons (Fsp3) is 0.375. The Balaban J connectivity index is 2.14. The van der Waals surface area contributed by atoms with Crippen LogP contribution in [0.15, 0.2) is 12.4 Å². The lowest BCUT2D eigenvalue weighted by Crippen LogP contribution is -2.39. The van der Waals surface area contributed by atoms with E-state index in [0.717, 1.165) is 0 Å². The van der Waals surface area contributed by atoms with Crippen LogP contribution < -0.4 is 4.74 Å². The first-order chi connectivity index (χ1) is 6.40. The Morgan fingerprint density at radius 1 is 1.46 bits per heavy atom. The first-order valence-corrected chi connectivity index (χ1v) is 3.85. The average molecular weight is 177 g/mol. The van der Waals surface area contributed by atoms with Crippen molar-refractivity contribution < 1.29 is 9.47 Å². The minimum Gasteiger partial charge on any atom is -0.467 e. The number of hydrogen-bond acceptors (Lipinski definition) is 5. The Bertz CT molecular complexity index is 343. The predicted molar refractivity (Wildman–Crippen MR) is 42.0 cm³/mol. The maximum atomic E-state index is 8.66. The summed E-state index contributed by atoms with van der Waals surface area (Å²) in [5.41, 5.74) is 0.217. The second kappa shape index (κ2) is 3.37. The van der Waals surface area contributed by atoms with Crippen LogP contribution in [0.25, 0.3) is 0 Å². The van der Waals surface area contributed by atoms with E-state index in [1.165, 1.54) is 12.4 Å². The molecule has 1 aromatic rings. The van der Waals surface area contributed by atoms with Crippen LogP contribution in [0.5, 0.6) is 5.88 Å². The summed E-state index contributed by atoms with van der Waals surface area (Å²) < 4.78 is 10.3. The van der Waals surface area contributed by atoms with Gasteiger partial charge in [-0.1, -0.05) is 0 Å². The quantitative estimate of drug-likeness (QED) is 0.642. The highest BCUT2D eigenvalue weighted by Crippen LogP contribution is 2.15. The topological polar surface area (TPSA) is 68.0 Å². The van der Waals surface area contributed by atoms with Crippen molar-refractivity contribution in [2.24, 2.45) is 0 Å². The van der Waals surface area contributed by atoms with Gasteiger partial charge in [-0.3, -0.25) is 0 Å². The first-order valence-electron chi connectivity index (χ1n) is 3.85. The largest absolute Gasteiger partial charge is 0.467 e. The molecule has 5 nitrogen and oxygen atoms in total. The summed E-state index contributed by atoms with van der Waals surface area (Å²) in [4.78, 5) is 7.73. The number of hydrogen-bond donors (Lipinski definition) is 0. The summed E-state index contributed by atoms with van der Waals surface area (Å²) in [6.45, 7) is 1.11. The van der Waals surface area contributed by atoms with Crippen molar-refractivity contribution in [3.05, 3.63) is 18.1 Å². The van der Waals surface area contributed by atoms with Gasteiger partial charge in [0, 0.05) is 12.4 Å². The molecule has 0 atom stereocenters. The lowest BCUT2D eigenvalue weighted by Gasteiger charge is -2.25. The Hall–Kier alpha value is -1.67. The normalized spacial score (nSPS) is 15.9. The van der Waals surface area contributed by atoms with Crippen LogP contribution in [0.1, 0.15) is 5.69 Å². The van der Waals surface area contributed by atoms with Crippen LogP contribution in [0.2, 0.25) is 0 Å². The van der Waals surface area contributed by atoms with Crippen molar-refractivity contribution in [1.82, 2.24) is 9.97 Å². The van der Waals surface area contributed by atoms with E-state index in [-0.39, 0.29) is 11.8 Å². The molecule has 5 heteroatoms. The molecular weight excluding hydrogens is 170 g/mol. The van der Waals surface area contributed by atoms with Crippen molar-refractivity contribution in [2.75, 3.05) is 13.2 Å². The smallest absolute Gasteiger partial charge is 0.251 e. The Morgan fingerprint density at radius 2 is 2.23 bits per heavy atom. The van der Waals surface area contributed by atoms with E-state index in [1.54, 1.807) is 0 Å². The minimum absolute atomic E-state index is 0.0174. The van der Waals surface area contributed by atoms with Crippen molar-refractivity contribution in [3.63, 3.8) is 0 Å². The summed E-state index contributed by atoms with van der Waals surface area (Å²) >= 11 is 0. The van der Waals surface area contributed by atoms with Gasteiger partial charge in [-0.15, -0.1) is 0 Å². The van der Waals surface area contributed by atoms with Gasteiger partial charge >= 0.3 is 0 Å². The maximum absolute atomic E-state index is 8.66. The second-order valence-electron chi connectivity index (χ2n) is 2.60. The molecule has 0 radical (unpaired) electrons. The zero-order valence-electron chi connectivity index (χ0n) is 6.80. The minimum atomic E-state index is 0.0174. The molecule has 1 fully saturated rings. The van der Waals surface area contributed by atoms with Crippen LogP contribution in [-0.4, -0.2) is 29.3 Å². The molecule has 2 heterocycles. The van der Waals surface area contributed by atoms with Crippen LogP contribution in [0.4, 0.5) is 0 Å². The van der Waals surface area contributed by atoms with E-state index in [4.69, 9.17) is 14.7 Å². The number of ether oxygens (including phenoxy) is 2. The number of nitrogens with zero attached hydrogens (tertiary/aromatic N) is 3. The number of nitriles is 1. The van der Waals surface area contributed by atoms with Gasteiger partial charge in [0.25, 0.3) is 5.88 Å². The second-order valence-corrected chi connectivity index (χ2v) is 2.60. The molecule has 1 saturated heterocycles. The van der Waals surface area contributed by atoms with Gasteiger partial charge < -0.3 is 9.47 Å². The monoisotopic (exact) mass is 177 g/mol. The molecule has 0 spiro atoms. The van der Waals surface area contributed by atoms with Gasteiger partial charge in [0.2, 0.25) is 5.69 Å². The van der Waals surface area contributed by atoms with Gasteiger partial charge in [0.1, 0.15) is 12.2 Å². The molecule has 0 unspecified atom stereocenters. The lowest BCUT2D eigenvalue weighted by atomic mass is 10.3. The first kappa shape index (κ1) is 7.95. The van der Waals surface area contributed by atoms with Crippen molar-refractivity contribution in [2.45, 2.75) is 6.10 Å². The highest BCUT2D eigenvalue weighted by molar-refractivity contribution is 5.30. The Morgan fingerprint density at radius 3 is 2.85 bits per heavy atom. The van der Waals surface area contributed by atoms with Crippen LogP contribution in [-0.2, 0) is 4.74 Å². The third kappa shape index (κ3) is 1.58. The lowest BCUT2D eigenvalue weighted by molar-refractivity contribution is -0.0815. The third-order valence-corrected chi connectivity index (χ3v) is 1.66. The third-order valence-electron chi connectivity index (χ3n) is 1.66. The molecule has 0 amide bonds. The van der Waals surface area contributed by atoms with Crippen LogP contribution in [0, 0.1) is 11.3 Å². The van der Waals surface area contributed by atoms with Crippen molar-refractivity contribution in [3.8, 4) is 11.9 Å². The van der Waals surface area contributed by atoms with E-state index in [9.17, 15) is 0 Å². The molecule has 0 saturated carbocycles. The molecule has 13 heavy (non-hydrogen) atoms. The van der Waals surface area contributed by atoms with Crippen molar-refractivity contribution >= 4 is 0 Å². The SMILES string of the molecule is N#Cc1nccnc1OC1COC1. The van der Waals surface area contributed by atoms with Crippen LogP contribution in [0.3, 0.4) is 0 Å². The highest BCUT2D eigenvalue weighted by atomic mass is 16.6. The molecule has 1 aliphatic rings. The summed E-state index contributed by atoms with van der Waals surface area (Å²) in [6.07, 6.45) is 2.97. The van der Waals surface area contributed by atoms with Gasteiger partial charge in [-0.2, -0.15) is 5.26 Å². The molecule has 1 aliphatic heterocycles. The van der Waals surface area contributed by atoms with Gasteiger partial charge in [0.15, 0.2) is 0 Å². The fourth-order valence-electron chi connectivity index (χ4n) is 0.928. The highest BCUT2D eigenvalue weighted by Gasteiger charge is 2.22. The molecule has 66 valence electrons.